The number of nitrogens with one attached hydrogen (secondary N) is 1. The van der Waals surface area contributed by atoms with Gasteiger partial charge in [0.2, 0.25) is 5.13 Å². The molecule has 1 heterocycles. The number of nitrogen functional groups attached to an aromatic ring is 1. The van der Waals surface area contributed by atoms with Gasteiger partial charge in [-0.3, -0.25) is 5.43 Å². The maximum Gasteiger partial charge on any atom is 0.205 e. The number of unbranched alkanes of at least 4 members (excludes halogenated alkanes) is 1. The molecule has 1 aromatic heterocycles. The minimum Gasteiger partial charge on any atom is -0.383 e. The molecule has 0 amide bonds. The van der Waals surface area contributed by atoms with Crippen LogP contribution in [-0.4, -0.2) is 17.0 Å². The van der Waals surface area contributed by atoms with Crippen LogP contribution in [0.1, 0.15) is 25.3 Å². The van der Waals surface area contributed by atoms with Crippen LogP contribution in [0.25, 0.3) is 0 Å². The molecule has 0 saturated carbocycles. The number of nitrogens with zero attached hydrogens (tertiary/aromatic N) is 2. The zero-order valence-corrected chi connectivity index (χ0v) is 13.0. The highest BCUT2D eigenvalue weighted by molar-refractivity contribution is 7.99. The van der Waals surface area contributed by atoms with E-state index >= 15 is 0 Å². The van der Waals surface area contributed by atoms with Gasteiger partial charge in [0.05, 0.1) is 6.21 Å². The van der Waals surface area contributed by atoms with E-state index in [0.29, 0.717) is 10.9 Å². The molecule has 0 fully saturated rings. The first kappa shape index (κ1) is 14.9. The van der Waals surface area contributed by atoms with E-state index in [2.05, 4.69) is 40.6 Å². The van der Waals surface area contributed by atoms with E-state index in [4.69, 9.17) is 5.73 Å². The molecule has 0 aliphatic rings. The fourth-order valence-corrected chi connectivity index (χ4v) is 3.20. The molecule has 1 aromatic carbocycles. The predicted octanol–water partition coefficient (Wildman–Crippen LogP) is 4.06. The predicted molar refractivity (Wildman–Crippen MR) is 89.8 cm³/mol. The summed E-state index contributed by atoms with van der Waals surface area (Å²) in [4.78, 5) is 5.35. The third-order valence-corrected chi connectivity index (χ3v) is 4.50. The number of anilines is 2. The molecule has 2 rings (SSSR count). The topological polar surface area (TPSA) is 63.3 Å². The Morgan fingerprint density at radius 3 is 3.05 bits per heavy atom. The summed E-state index contributed by atoms with van der Waals surface area (Å²) in [6.07, 6.45) is 4.27. The van der Waals surface area contributed by atoms with Gasteiger partial charge >= 0.3 is 0 Å². The molecule has 0 radical (unpaired) electrons. The van der Waals surface area contributed by atoms with E-state index in [1.165, 1.54) is 29.1 Å². The lowest BCUT2D eigenvalue weighted by Crippen LogP contribution is -1.93. The quantitative estimate of drug-likeness (QED) is 0.350. The number of hydrogen-bond acceptors (Lipinski definition) is 6. The second-order valence-electron chi connectivity index (χ2n) is 4.19. The molecule has 0 aliphatic heterocycles. The molecule has 0 unspecified atom stereocenters. The average molecular weight is 306 g/mol. The third kappa shape index (κ3) is 4.54. The number of hydrazone groups is 1. The van der Waals surface area contributed by atoms with E-state index in [-0.39, 0.29) is 0 Å². The monoisotopic (exact) mass is 306 g/mol. The van der Waals surface area contributed by atoms with Gasteiger partial charge in [-0.05, 0) is 18.2 Å². The molecule has 106 valence electrons. The average Bonchev–Trinajstić information content (AvgIpc) is 2.86. The summed E-state index contributed by atoms with van der Waals surface area (Å²) in [5, 5.41) is 6.71. The summed E-state index contributed by atoms with van der Waals surface area (Å²) < 4.78 is 0. The lowest BCUT2D eigenvalue weighted by Gasteiger charge is -2.04. The molecule has 0 saturated heterocycles. The normalized spacial score (nSPS) is 11.1. The Morgan fingerprint density at radius 2 is 2.30 bits per heavy atom. The Hall–Kier alpha value is -1.53. The fraction of sp³-hybridized carbons (Fsp3) is 0.286. The van der Waals surface area contributed by atoms with Crippen molar-refractivity contribution in [3.05, 3.63) is 35.2 Å². The molecule has 2 aromatic rings. The Morgan fingerprint density at radius 1 is 1.45 bits per heavy atom. The third-order valence-electron chi connectivity index (χ3n) is 2.56. The first-order valence-corrected chi connectivity index (χ1v) is 8.38. The maximum absolute atomic E-state index is 5.56. The minimum absolute atomic E-state index is 0.517. The van der Waals surface area contributed by atoms with E-state index in [1.54, 1.807) is 5.38 Å². The lowest BCUT2D eigenvalue weighted by atomic mass is 10.2. The Bertz CT molecular complexity index is 566. The summed E-state index contributed by atoms with van der Waals surface area (Å²) in [5.74, 6) is 1.65. The first-order valence-electron chi connectivity index (χ1n) is 6.51. The molecular formula is C14H18N4S2. The molecular weight excluding hydrogens is 288 g/mol. The van der Waals surface area contributed by atoms with Crippen LogP contribution in [0.2, 0.25) is 0 Å². The zero-order chi connectivity index (χ0) is 14.2. The zero-order valence-electron chi connectivity index (χ0n) is 11.4. The molecule has 3 N–H and O–H groups in total. The van der Waals surface area contributed by atoms with Crippen molar-refractivity contribution in [1.82, 2.24) is 4.98 Å². The SMILES string of the molecule is CCCCSc1ccccc1C=NNc1nc(N)cs1. The van der Waals surface area contributed by atoms with Crippen molar-refractivity contribution in [3.8, 4) is 0 Å². The summed E-state index contributed by atoms with van der Waals surface area (Å²) in [6, 6.07) is 8.27. The van der Waals surface area contributed by atoms with Crippen LogP contribution in [0, 0.1) is 0 Å². The van der Waals surface area contributed by atoms with E-state index < -0.39 is 0 Å². The van der Waals surface area contributed by atoms with Crippen LogP contribution in [0.15, 0.2) is 39.6 Å². The van der Waals surface area contributed by atoms with Gasteiger partial charge in [-0.1, -0.05) is 31.5 Å². The first-order chi connectivity index (χ1) is 9.79. The van der Waals surface area contributed by atoms with Crippen molar-refractivity contribution in [2.24, 2.45) is 5.10 Å². The number of thiazole rings is 1. The van der Waals surface area contributed by atoms with Gasteiger partial charge in [-0.2, -0.15) is 5.10 Å². The lowest BCUT2D eigenvalue weighted by molar-refractivity contribution is 0.896. The highest BCUT2D eigenvalue weighted by Gasteiger charge is 2.00. The van der Waals surface area contributed by atoms with Crippen molar-refractivity contribution >= 4 is 40.3 Å². The van der Waals surface area contributed by atoms with Crippen LogP contribution in [0.5, 0.6) is 0 Å². The van der Waals surface area contributed by atoms with Crippen molar-refractivity contribution in [2.45, 2.75) is 24.7 Å². The van der Waals surface area contributed by atoms with E-state index in [1.807, 2.05) is 24.0 Å². The van der Waals surface area contributed by atoms with Gasteiger partial charge < -0.3 is 5.73 Å². The van der Waals surface area contributed by atoms with Crippen LogP contribution < -0.4 is 11.2 Å². The second-order valence-corrected chi connectivity index (χ2v) is 6.18. The summed E-state index contributed by atoms with van der Waals surface area (Å²) in [5.41, 5.74) is 9.57. The number of rotatable bonds is 7. The molecule has 20 heavy (non-hydrogen) atoms. The highest BCUT2D eigenvalue weighted by atomic mass is 32.2. The minimum atomic E-state index is 0.517. The van der Waals surface area contributed by atoms with E-state index in [9.17, 15) is 0 Å². The van der Waals surface area contributed by atoms with Crippen LogP contribution >= 0.6 is 23.1 Å². The highest BCUT2D eigenvalue weighted by Crippen LogP contribution is 2.22. The summed E-state index contributed by atoms with van der Waals surface area (Å²) >= 11 is 3.31. The largest absolute Gasteiger partial charge is 0.383 e. The summed E-state index contributed by atoms with van der Waals surface area (Å²) in [6.45, 7) is 2.21. The molecule has 0 bridgehead atoms. The fourth-order valence-electron chi connectivity index (χ4n) is 1.54. The van der Waals surface area contributed by atoms with Gasteiger partial charge in [0, 0.05) is 15.8 Å². The maximum atomic E-state index is 5.56. The number of benzene rings is 1. The van der Waals surface area contributed by atoms with Gasteiger partial charge in [0.15, 0.2) is 0 Å². The molecule has 0 atom stereocenters. The summed E-state index contributed by atoms with van der Waals surface area (Å²) in [7, 11) is 0. The van der Waals surface area contributed by atoms with E-state index in [0.717, 1.165) is 11.3 Å². The Balaban J connectivity index is 1.97. The molecule has 0 aliphatic carbocycles. The number of hydrogen-bond donors (Lipinski definition) is 2. The van der Waals surface area contributed by atoms with Gasteiger partial charge in [-0.15, -0.1) is 23.1 Å². The van der Waals surface area contributed by atoms with Crippen molar-refractivity contribution < 1.29 is 0 Å². The van der Waals surface area contributed by atoms with Crippen LogP contribution in [0.4, 0.5) is 10.9 Å². The number of thioether (sulfide) groups is 1. The second kappa shape index (κ2) is 7.91. The standard InChI is InChI=1S/C14H18N4S2/c1-2-3-8-19-12-7-5-4-6-11(12)9-16-18-14-17-13(15)10-20-14/h4-7,9-10H,2-3,8,15H2,1H3,(H,17,18). The van der Waals surface area contributed by atoms with Crippen molar-refractivity contribution in [2.75, 3.05) is 16.9 Å². The van der Waals surface area contributed by atoms with Gasteiger partial charge in [0.1, 0.15) is 5.82 Å². The Kier molecular flexibility index (Phi) is 5.88. The van der Waals surface area contributed by atoms with Crippen LogP contribution in [0.3, 0.4) is 0 Å². The smallest absolute Gasteiger partial charge is 0.205 e. The Labute approximate surface area is 127 Å². The van der Waals surface area contributed by atoms with Gasteiger partial charge in [-0.25, -0.2) is 4.98 Å². The van der Waals surface area contributed by atoms with Crippen molar-refractivity contribution in [1.29, 1.82) is 0 Å². The molecule has 0 spiro atoms. The molecule has 4 nitrogen and oxygen atoms in total. The number of nitrogens with two attached hydrogens (primary N) is 1. The van der Waals surface area contributed by atoms with Gasteiger partial charge in [0.25, 0.3) is 0 Å². The number of aromatic nitrogens is 1. The molecule has 6 heteroatoms. The van der Waals surface area contributed by atoms with Crippen molar-refractivity contribution in [3.63, 3.8) is 0 Å². The van der Waals surface area contributed by atoms with Crippen LogP contribution in [-0.2, 0) is 0 Å².